The number of hydrogen-bond acceptors (Lipinski definition) is 6. The van der Waals surface area contributed by atoms with Crippen LogP contribution in [0.15, 0.2) is 17.5 Å². The summed E-state index contributed by atoms with van der Waals surface area (Å²) in [5.41, 5.74) is 0. The van der Waals surface area contributed by atoms with Crippen LogP contribution in [0.25, 0.3) is 0 Å². The van der Waals surface area contributed by atoms with Crippen molar-refractivity contribution in [3.8, 4) is 0 Å². The number of nitrogens with one attached hydrogen (secondary N) is 2. The molecule has 114 valence electrons. The first-order valence-corrected chi connectivity index (χ1v) is 8.53. The maximum absolute atomic E-state index is 11.4. The predicted octanol–water partition coefficient (Wildman–Crippen LogP) is 1.51. The van der Waals surface area contributed by atoms with Crippen molar-refractivity contribution in [3.05, 3.63) is 22.4 Å². The van der Waals surface area contributed by atoms with Gasteiger partial charge in [0.2, 0.25) is 0 Å². The molecule has 0 aliphatic heterocycles. The molecule has 0 spiro atoms. The molecule has 6 nitrogen and oxygen atoms in total. The molecule has 2 rings (SSSR count). The molecule has 0 saturated heterocycles. The van der Waals surface area contributed by atoms with E-state index in [-0.39, 0.29) is 11.8 Å². The van der Waals surface area contributed by atoms with E-state index >= 15 is 0 Å². The van der Waals surface area contributed by atoms with Gasteiger partial charge in [0.25, 0.3) is 5.91 Å². The van der Waals surface area contributed by atoms with Crippen molar-refractivity contribution < 1.29 is 19.1 Å². The molecule has 3 amide bonds. The van der Waals surface area contributed by atoms with Crippen LogP contribution in [0.5, 0.6) is 0 Å². The topological polar surface area (TPSA) is 84.5 Å². The van der Waals surface area contributed by atoms with Gasteiger partial charge in [-0.25, -0.2) is 4.79 Å². The van der Waals surface area contributed by atoms with Gasteiger partial charge in [-0.05, 0) is 24.3 Å². The highest BCUT2D eigenvalue weighted by Gasteiger charge is 2.24. The minimum Gasteiger partial charge on any atom is -0.455 e. The minimum atomic E-state index is -0.621. The Hall–Kier alpha value is -1.54. The van der Waals surface area contributed by atoms with E-state index in [4.69, 9.17) is 4.74 Å². The summed E-state index contributed by atoms with van der Waals surface area (Å²) in [7, 11) is 0. The van der Waals surface area contributed by atoms with Crippen molar-refractivity contribution in [2.24, 2.45) is 0 Å². The van der Waals surface area contributed by atoms with Crippen LogP contribution < -0.4 is 10.6 Å². The molecule has 1 saturated carbocycles. The van der Waals surface area contributed by atoms with Crippen LogP contribution in [-0.2, 0) is 20.1 Å². The lowest BCUT2D eigenvalue weighted by Gasteiger charge is -2.06. The Morgan fingerprint density at radius 3 is 2.86 bits per heavy atom. The lowest BCUT2D eigenvalue weighted by molar-refractivity contribution is -0.145. The van der Waals surface area contributed by atoms with Gasteiger partial charge in [0.15, 0.2) is 6.61 Å². The number of ether oxygens (including phenoxy) is 1. The normalized spacial score (nSPS) is 13.5. The third kappa shape index (κ3) is 6.63. The van der Waals surface area contributed by atoms with E-state index < -0.39 is 24.5 Å². The molecule has 21 heavy (non-hydrogen) atoms. The molecular weight excluding hydrogens is 312 g/mol. The number of imide groups is 1. The van der Waals surface area contributed by atoms with E-state index in [1.165, 1.54) is 16.6 Å². The maximum Gasteiger partial charge on any atom is 0.321 e. The number of amides is 3. The molecule has 0 bridgehead atoms. The average Bonchev–Trinajstić information content (AvgIpc) is 3.09. The van der Waals surface area contributed by atoms with Crippen LogP contribution in [0.4, 0.5) is 4.79 Å². The van der Waals surface area contributed by atoms with Crippen LogP contribution in [0.3, 0.4) is 0 Å². The van der Waals surface area contributed by atoms with E-state index in [0.29, 0.717) is 0 Å². The second-order valence-electron chi connectivity index (χ2n) is 4.53. The zero-order valence-corrected chi connectivity index (χ0v) is 12.9. The maximum atomic E-state index is 11.4. The van der Waals surface area contributed by atoms with Crippen molar-refractivity contribution in [1.82, 2.24) is 10.6 Å². The van der Waals surface area contributed by atoms with Crippen LogP contribution in [0, 0.1) is 0 Å². The molecule has 1 aromatic heterocycles. The Morgan fingerprint density at radius 2 is 2.19 bits per heavy atom. The molecule has 1 heterocycles. The van der Waals surface area contributed by atoms with Crippen molar-refractivity contribution >= 4 is 41.0 Å². The summed E-state index contributed by atoms with van der Waals surface area (Å²) in [6.07, 6.45) is 1.89. The Morgan fingerprint density at radius 1 is 1.38 bits per heavy atom. The van der Waals surface area contributed by atoms with Gasteiger partial charge in [0.05, 0.1) is 5.75 Å². The zero-order chi connectivity index (χ0) is 15.1. The summed E-state index contributed by atoms with van der Waals surface area (Å²) < 4.78 is 4.80. The first kappa shape index (κ1) is 15.8. The molecular formula is C13H16N2O4S2. The Balaban J connectivity index is 1.53. The van der Waals surface area contributed by atoms with Crippen LogP contribution in [-0.4, -0.2) is 36.3 Å². The lowest BCUT2D eigenvalue weighted by atomic mass is 10.5. The molecule has 1 aliphatic carbocycles. The summed E-state index contributed by atoms with van der Waals surface area (Å²) in [6.45, 7) is -0.434. The monoisotopic (exact) mass is 328 g/mol. The van der Waals surface area contributed by atoms with Crippen LogP contribution >= 0.6 is 23.1 Å². The van der Waals surface area contributed by atoms with Crippen LogP contribution in [0.1, 0.15) is 17.7 Å². The number of thiophene rings is 1. The third-order valence-electron chi connectivity index (χ3n) is 2.57. The van der Waals surface area contributed by atoms with E-state index in [2.05, 4.69) is 10.6 Å². The number of hydrogen-bond donors (Lipinski definition) is 2. The van der Waals surface area contributed by atoms with E-state index in [0.717, 1.165) is 18.6 Å². The van der Waals surface area contributed by atoms with Gasteiger partial charge in [0.1, 0.15) is 0 Å². The van der Waals surface area contributed by atoms with Gasteiger partial charge < -0.3 is 10.1 Å². The summed E-state index contributed by atoms with van der Waals surface area (Å²) >= 11 is 3.05. The summed E-state index contributed by atoms with van der Waals surface area (Å²) in [5.74, 6) is -0.165. The molecule has 0 atom stereocenters. The molecule has 0 aromatic carbocycles. The minimum absolute atomic E-state index is 0.175. The number of thioether (sulfide) groups is 1. The van der Waals surface area contributed by atoms with E-state index in [1.807, 2.05) is 17.5 Å². The molecule has 1 fully saturated rings. The number of urea groups is 1. The second-order valence-corrected chi connectivity index (χ2v) is 6.55. The SMILES string of the molecule is O=C(COC(=O)CSCc1cccs1)NC(=O)NC1CC1. The second kappa shape index (κ2) is 8.04. The van der Waals surface area contributed by atoms with Crippen molar-refractivity contribution in [3.63, 3.8) is 0 Å². The Bertz CT molecular complexity index is 500. The summed E-state index contributed by atoms with van der Waals surface area (Å²) in [5, 5.41) is 6.70. The quantitative estimate of drug-likeness (QED) is 0.741. The highest BCUT2D eigenvalue weighted by molar-refractivity contribution is 7.99. The molecule has 1 aliphatic rings. The third-order valence-corrected chi connectivity index (χ3v) is 4.59. The average molecular weight is 328 g/mol. The van der Waals surface area contributed by atoms with Gasteiger partial charge in [-0.3, -0.25) is 14.9 Å². The number of carbonyl (C=O) groups is 3. The van der Waals surface area contributed by atoms with E-state index in [9.17, 15) is 14.4 Å². The fraction of sp³-hybridized carbons (Fsp3) is 0.462. The van der Waals surface area contributed by atoms with Crippen molar-refractivity contribution in [2.75, 3.05) is 12.4 Å². The summed E-state index contributed by atoms with van der Waals surface area (Å²) in [6, 6.07) is 3.59. The predicted molar refractivity (Wildman–Crippen MR) is 81.1 cm³/mol. The molecule has 1 aromatic rings. The first-order chi connectivity index (χ1) is 10.1. The molecule has 8 heteroatoms. The van der Waals surface area contributed by atoms with Crippen molar-refractivity contribution in [1.29, 1.82) is 0 Å². The number of carbonyl (C=O) groups excluding carboxylic acids is 3. The molecule has 0 unspecified atom stereocenters. The fourth-order valence-electron chi connectivity index (χ4n) is 1.43. The van der Waals surface area contributed by atoms with Gasteiger partial charge >= 0.3 is 12.0 Å². The Kier molecular flexibility index (Phi) is 6.06. The van der Waals surface area contributed by atoms with Crippen molar-refractivity contribution in [2.45, 2.75) is 24.6 Å². The first-order valence-electron chi connectivity index (χ1n) is 6.49. The van der Waals surface area contributed by atoms with Gasteiger partial charge in [-0.2, -0.15) is 0 Å². The van der Waals surface area contributed by atoms with Crippen LogP contribution in [0.2, 0.25) is 0 Å². The summed E-state index contributed by atoms with van der Waals surface area (Å²) in [4.78, 5) is 35.2. The fourth-order valence-corrected chi connectivity index (χ4v) is 3.09. The highest BCUT2D eigenvalue weighted by atomic mass is 32.2. The molecule has 2 N–H and O–H groups in total. The largest absolute Gasteiger partial charge is 0.455 e. The highest BCUT2D eigenvalue weighted by Crippen LogP contribution is 2.18. The van der Waals surface area contributed by atoms with Gasteiger partial charge in [-0.15, -0.1) is 23.1 Å². The van der Waals surface area contributed by atoms with Gasteiger partial charge in [-0.1, -0.05) is 6.07 Å². The standard InChI is InChI=1S/C13H16N2O4S2/c16-11(15-13(18)14-9-3-4-9)6-19-12(17)8-20-7-10-2-1-5-21-10/h1-2,5,9H,3-4,6-8H2,(H2,14,15,16,18). The lowest BCUT2D eigenvalue weighted by Crippen LogP contribution is -2.42. The smallest absolute Gasteiger partial charge is 0.321 e. The molecule has 0 radical (unpaired) electrons. The van der Waals surface area contributed by atoms with E-state index in [1.54, 1.807) is 11.3 Å². The Labute approximate surface area is 130 Å². The van der Waals surface area contributed by atoms with Gasteiger partial charge in [0, 0.05) is 16.7 Å². The number of rotatable bonds is 7. The zero-order valence-electron chi connectivity index (χ0n) is 11.3. The number of esters is 1.